The van der Waals surface area contributed by atoms with Crippen molar-refractivity contribution in [2.45, 2.75) is 25.8 Å². The van der Waals surface area contributed by atoms with Crippen molar-refractivity contribution in [3.05, 3.63) is 0 Å². The van der Waals surface area contributed by atoms with Gasteiger partial charge in [-0.1, -0.05) is 0 Å². The lowest BCUT2D eigenvalue weighted by Gasteiger charge is -2.12. The number of nitrogens with one attached hydrogen (secondary N) is 1. The van der Waals surface area contributed by atoms with Gasteiger partial charge in [-0.25, -0.2) is 0 Å². The van der Waals surface area contributed by atoms with Crippen LogP contribution in [0.2, 0.25) is 0 Å². The number of carbonyl (C=O) groups excluding carboxylic acids is 1. The molecule has 0 aromatic heterocycles. The predicted molar refractivity (Wildman–Crippen MR) is 56.5 cm³/mol. The third kappa shape index (κ3) is 8.25. The maximum Gasteiger partial charge on any atom is 0.221 e. The predicted octanol–water partition coefficient (Wildman–Crippen LogP) is 0.889. The van der Waals surface area contributed by atoms with Crippen LogP contribution in [0.5, 0.6) is 0 Å². The molecule has 0 radical (unpaired) electrons. The van der Waals surface area contributed by atoms with Crippen LogP contribution in [0.1, 0.15) is 19.8 Å². The van der Waals surface area contributed by atoms with E-state index in [0.717, 1.165) is 6.42 Å². The summed E-state index contributed by atoms with van der Waals surface area (Å²) in [7, 11) is -0.782. The minimum atomic E-state index is -0.782. The molecule has 1 amide bonds. The Morgan fingerprint density at radius 2 is 2.23 bits per heavy atom. The van der Waals surface area contributed by atoms with E-state index < -0.39 is 10.8 Å². The first-order valence-corrected chi connectivity index (χ1v) is 6.47. The molecular weight excluding hydrogens is 210 g/mol. The molecule has 0 aliphatic rings. The first kappa shape index (κ1) is 12.9. The van der Waals surface area contributed by atoms with E-state index in [4.69, 9.17) is 11.6 Å². The fourth-order valence-corrected chi connectivity index (χ4v) is 1.70. The van der Waals surface area contributed by atoms with Crippen molar-refractivity contribution >= 4 is 28.3 Å². The number of carbonyl (C=O) groups is 1. The molecule has 78 valence electrons. The number of amides is 1. The van der Waals surface area contributed by atoms with Crippen molar-refractivity contribution in [3.63, 3.8) is 0 Å². The van der Waals surface area contributed by atoms with Crippen molar-refractivity contribution < 1.29 is 9.00 Å². The molecule has 0 saturated carbocycles. The van der Waals surface area contributed by atoms with E-state index >= 15 is 0 Å². The largest absolute Gasteiger partial charge is 0.354 e. The molecule has 0 spiro atoms. The molecule has 0 aromatic carbocycles. The summed E-state index contributed by atoms with van der Waals surface area (Å²) in [6.07, 6.45) is 2.76. The Labute approximate surface area is 86.7 Å². The van der Waals surface area contributed by atoms with E-state index in [1.54, 1.807) is 6.26 Å². The second-order valence-electron chi connectivity index (χ2n) is 2.97. The van der Waals surface area contributed by atoms with E-state index in [9.17, 15) is 9.00 Å². The summed E-state index contributed by atoms with van der Waals surface area (Å²) in [5.74, 6) is 0.935. The SMILES string of the molecule is CC(CCS(C)=O)NC(=O)CCCl. The summed E-state index contributed by atoms with van der Waals surface area (Å²) < 4.78 is 10.7. The Bertz CT molecular complexity index is 187. The minimum Gasteiger partial charge on any atom is -0.354 e. The molecule has 0 aromatic rings. The van der Waals surface area contributed by atoms with Crippen LogP contribution in [0.25, 0.3) is 0 Å². The highest BCUT2D eigenvalue weighted by Crippen LogP contribution is 1.94. The maximum atomic E-state index is 11.0. The molecule has 13 heavy (non-hydrogen) atoms. The summed E-state index contributed by atoms with van der Waals surface area (Å²) in [5, 5.41) is 2.78. The first-order valence-electron chi connectivity index (χ1n) is 4.21. The average Bonchev–Trinajstić information content (AvgIpc) is 2.01. The quantitative estimate of drug-likeness (QED) is 0.683. The molecule has 0 heterocycles. The van der Waals surface area contributed by atoms with Gasteiger partial charge >= 0.3 is 0 Å². The zero-order chi connectivity index (χ0) is 10.3. The van der Waals surface area contributed by atoms with Crippen LogP contribution in [-0.2, 0) is 15.6 Å². The second-order valence-corrected chi connectivity index (χ2v) is 4.91. The van der Waals surface area contributed by atoms with Gasteiger partial charge in [0.15, 0.2) is 0 Å². The molecule has 0 aliphatic heterocycles. The van der Waals surface area contributed by atoms with Gasteiger partial charge < -0.3 is 5.32 Å². The van der Waals surface area contributed by atoms with Crippen LogP contribution >= 0.6 is 11.6 Å². The Morgan fingerprint density at radius 1 is 1.62 bits per heavy atom. The van der Waals surface area contributed by atoms with E-state index in [2.05, 4.69) is 5.32 Å². The number of hydrogen-bond acceptors (Lipinski definition) is 2. The van der Waals surface area contributed by atoms with Crippen molar-refractivity contribution in [2.24, 2.45) is 0 Å². The van der Waals surface area contributed by atoms with E-state index in [-0.39, 0.29) is 11.9 Å². The Morgan fingerprint density at radius 3 is 2.69 bits per heavy atom. The number of halogens is 1. The average molecular weight is 226 g/mol. The van der Waals surface area contributed by atoms with Crippen LogP contribution in [0.4, 0.5) is 0 Å². The topological polar surface area (TPSA) is 46.2 Å². The maximum absolute atomic E-state index is 11.0. The fourth-order valence-electron chi connectivity index (χ4n) is 0.848. The monoisotopic (exact) mass is 225 g/mol. The van der Waals surface area contributed by atoms with Gasteiger partial charge in [-0.2, -0.15) is 0 Å². The van der Waals surface area contributed by atoms with Gasteiger partial charge in [-0.05, 0) is 13.3 Å². The molecule has 5 heteroatoms. The van der Waals surface area contributed by atoms with Crippen molar-refractivity contribution in [2.75, 3.05) is 17.9 Å². The third-order valence-corrected chi connectivity index (χ3v) is 2.57. The molecule has 0 saturated heterocycles. The molecule has 0 rings (SSSR count). The molecule has 0 fully saturated rings. The zero-order valence-electron chi connectivity index (χ0n) is 8.01. The molecule has 0 aliphatic carbocycles. The standard InChI is InChI=1S/C8H16ClNO2S/c1-7(4-6-13(2)12)10-8(11)3-5-9/h7H,3-6H2,1-2H3,(H,10,11). The van der Waals surface area contributed by atoms with Crippen molar-refractivity contribution in [1.82, 2.24) is 5.32 Å². The highest BCUT2D eigenvalue weighted by molar-refractivity contribution is 7.84. The second kappa shape index (κ2) is 7.33. The van der Waals surface area contributed by atoms with Gasteiger partial charge in [0.2, 0.25) is 5.91 Å². The van der Waals surface area contributed by atoms with Crippen molar-refractivity contribution in [1.29, 1.82) is 0 Å². The normalized spacial score (nSPS) is 15.0. The van der Waals surface area contributed by atoms with E-state index in [1.165, 1.54) is 0 Å². The van der Waals surface area contributed by atoms with Crippen LogP contribution < -0.4 is 5.32 Å². The number of alkyl halides is 1. The lowest BCUT2D eigenvalue weighted by atomic mass is 10.2. The van der Waals surface area contributed by atoms with Gasteiger partial charge in [0, 0.05) is 41.2 Å². The van der Waals surface area contributed by atoms with Gasteiger partial charge in [0.1, 0.15) is 0 Å². The summed E-state index contributed by atoms with van der Waals surface area (Å²) in [6, 6.07) is 0.0830. The fraction of sp³-hybridized carbons (Fsp3) is 0.875. The van der Waals surface area contributed by atoms with Gasteiger partial charge in [-0.3, -0.25) is 9.00 Å². The van der Waals surface area contributed by atoms with Crippen LogP contribution in [-0.4, -0.2) is 34.0 Å². The van der Waals surface area contributed by atoms with Gasteiger partial charge in [0.05, 0.1) is 0 Å². The van der Waals surface area contributed by atoms with Gasteiger partial charge in [0.25, 0.3) is 0 Å². The molecule has 0 bridgehead atoms. The number of rotatable bonds is 6. The van der Waals surface area contributed by atoms with Crippen LogP contribution in [0.15, 0.2) is 0 Å². The molecule has 3 nitrogen and oxygen atoms in total. The summed E-state index contributed by atoms with van der Waals surface area (Å²) in [4.78, 5) is 11.0. The van der Waals surface area contributed by atoms with E-state index in [1.807, 2.05) is 6.92 Å². The summed E-state index contributed by atoms with van der Waals surface area (Å²) in [6.45, 7) is 1.90. The Balaban J connectivity index is 3.55. The summed E-state index contributed by atoms with van der Waals surface area (Å²) in [5.41, 5.74) is 0. The molecular formula is C8H16ClNO2S. The minimum absolute atomic E-state index is 0.0376. The van der Waals surface area contributed by atoms with Crippen LogP contribution in [0, 0.1) is 0 Å². The Kier molecular flexibility index (Phi) is 7.28. The lowest BCUT2D eigenvalue weighted by molar-refractivity contribution is -0.121. The first-order chi connectivity index (χ1) is 6.06. The molecule has 2 unspecified atom stereocenters. The summed E-state index contributed by atoms with van der Waals surface area (Å²) >= 11 is 5.40. The molecule has 2 atom stereocenters. The van der Waals surface area contributed by atoms with Gasteiger partial charge in [-0.15, -0.1) is 11.6 Å². The molecule has 1 N–H and O–H groups in total. The lowest BCUT2D eigenvalue weighted by Crippen LogP contribution is -2.33. The highest BCUT2D eigenvalue weighted by atomic mass is 35.5. The smallest absolute Gasteiger partial charge is 0.221 e. The zero-order valence-corrected chi connectivity index (χ0v) is 9.58. The highest BCUT2D eigenvalue weighted by Gasteiger charge is 2.06. The number of hydrogen-bond donors (Lipinski definition) is 1. The van der Waals surface area contributed by atoms with Crippen molar-refractivity contribution in [3.8, 4) is 0 Å². The Hall–Kier alpha value is -0.0900. The third-order valence-electron chi connectivity index (χ3n) is 1.57. The van der Waals surface area contributed by atoms with E-state index in [0.29, 0.717) is 18.1 Å². The van der Waals surface area contributed by atoms with Crippen LogP contribution in [0.3, 0.4) is 0 Å².